The first kappa shape index (κ1) is 9.46. The zero-order chi connectivity index (χ0) is 10.1. The highest BCUT2D eigenvalue weighted by atomic mass is 32.2. The SMILES string of the molecule is CSCc1cn(C)c2c(N)cccc12. The third-order valence-electron chi connectivity index (χ3n) is 2.42. The Hall–Kier alpha value is -1.09. The van der Waals surface area contributed by atoms with Gasteiger partial charge in [-0.25, -0.2) is 0 Å². The molecule has 1 aromatic heterocycles. The molecule has 74 valence electrons. The summed E-state index contributed by atoms with van der Waals surface area (Å²) in [5, 5.41) is 1.28. The maximum absolute atomic E-state index is 5.94. The lowest BCUT2D eigenvalue weighted by molar-refractivity contribution is 0.964. The van der Waals surface area contributed by atoms with Gasteiger partial charge in [-0.3, -0.25) is 0 Å². The summed E-state index contributed by atoms with van der Waals surface area (Å²) in [4.78, 5) is 0. The predicted molar refractivity (Wildman–Crippen MR) is 64.6 cm³/mol. The van der Waals surface area contributed by atoms with Crippen LogP contribution in [0.2, 0.25) is 0 Å². The van der Waals surface area contributed by atoms with Gasteiger partial charge in [-0.1, -0.05) is 12.1 Å². The molecule has 0 atom stereocenters. The van der Waals surface area contributed by atoms with E-state index in [1.165, 1.54) is 10.9 Å². The highest BCUT2D eigenvalue weighted by Gasteiger charge is 2.07. The van der Waals surface area contributed by atoms with Crippen LogP contribution in [0.5, 0.6) is 0 Å². The van der Waals surface area contributed by atoms with Crippen molar-refractivity contribution in [2.45, 2.75) is 5.75 Å². The lowest BCUT2D eigenvalue weighted by Gasteiger charge is -1.99. The van der Waals surface area contributed by atoms with Crippen LogP contribution in [-0.2, 0) is 12.8 Å². The number of nitrogens with zero attached hydrogens (tertiary/aromatic N) is 1. The normalized spacial score (nSPS) is 11.0. The molecule has 2 rings (SSSR count). The molecule has 1 heterocycles. The summed E-state index contributed by atoms with van der Waals surface area (Å²) in [6.45, 7) is 0. The van der Waals surface area contributed by atoms with Gasteiger partial charge in [0, 0.05) is 24.4 Å². The second-order valence-electron chi connectivity index (χ2n) is 3.44. The minimum atomic E-state index is 0.859. The molecular weight excluding hydrogens is 192 g/mol. The number of aryl methyl sites for hydroxylation is 1. The lowest BCUT2D eigenvalue weighted by Crippen LogP contribution is -1.91. The second-order valence-corrected chi connectivity index (χ2v) is 4.31. The molecule has 0 saturated heterocycles. The Morgan fingerprint density at radius 2 is 2.21 bits per heavy atom. The maximum Gasteiger partial charge on any atom is 0.0714 e. The van der Waals surface area contributed by atoms with Crippen molar-refractivity contribution in [3.8, 4) is 0 Å². The Bertz CT molecular complexity index is 460. The zero-order valence-corrected chi connectivity index (χ0v) is 9.27. The van der Waals surface area contributed by atoms with E-state index >= 15 is 0 Å². The van der Waals surface area contributed by atoms with Crippen LogP contribution < -0.4 is 5.73 Å². The van der Waals surface area contributed by atoms with Crippen molar-refractivity contribution >= 4 is 28.4 Å². The van der Waals surface area contributed by atoms with E-state index in [9.17, 15) is 0 Å². The first-order valence-corrected chi connectivity index (χ1v) is 5.94. The van der Waals surface area contributed by atoms with Gasteiger partial charge < -0.3 is 10.3 Å². The molecule has 0 aliphatic heterocycles. The van der Waals surface area contributed by atoms with Crippen LogP contribution in [0, 0.1) is 0 Å². The van der Waals surface area contributed by atoms with Crippen LogP contribution in [0.3, 0.4) is 0 Å². The van der Waals surface area contributed by atoms with E-state index < -0.39 is 0 Å². The summed E-state index contributed by atoms with van der Waals surface area (Å²) in [5.74, 6) is 1.04. The van der Waals surface area contributed by atoms with Crippen molar-refractivity contribution in [1.82, 2.24) is 4.57 Å². The van der Waals surface area contributed by atoms with E-state index in [1.807, 2.05) is 30.9 Å². The molecular formula is C11H14N2S. The number of hydrogen-bond acceptors (Lipinski definition) is 2. The smallest absolute Gasteiger partial charge is 0.0714 e. The zero-order valence-electron chi connectivity index (χ0n) is 8.45. The minimum absolute atomic E-state index is 0.859. The monoisotopic (exact) mass is 206 g/mol. The Balaban J connectivity index is 2.71. The van der Waals surface area contributed by atoms with Gasteiger partial charge in [0.2, 0.25) is 0 Å². The van der Waals surface area contributed by atoms with Crippen molar-refractivity contribution in [3.63, 3.8) is 0 Å². The van der Waals surface area contributed by atoms with Gasteiger partial charge in [-0.05, 0) is 17.9 Å². The van der Waals surface area contributed by atoms with Gasteiger partial charge in [0.15, 0.2) is 0 Å². The standard InChI is InChI=1S/C11H14N2S/c1-13-6-8(7-14-2)9-4-3-5-10(12)11(9)13/h3-6H,7,12H2,1-2H3. The first-order valence-electron chi connectivity index (χ1n) is 4.55. The van der Waals surface area contributed by atoms with Crippen LogP contribution in [0.15, 0.2) is 24.4 Å². The number of nitrogens with two attached hydrogens (primary N) is 1. The van der Waals surface area contributed by atoms with E-state index in [4.69, 9.17) is 5.73 Å². The third kappa shape index (κ3) is 1.38. The Labute approximate surface area is 88.1 Å². The van der Waals surface area contributed by atoms with Crippen LogP contribution in [-0.4, -0.2) is 10.8 Å². The van der Waals surface area contributed by atoms with Gasteiger partial charge >= 0.3 is 0 Å². The van der Waals surface area contributed by atoms with Gasteiger partial charge in [0.1, 0.15) is 0 Å². The molecule has 2 aromatic rings. The van der Waals surface area contributed by atoms with E-state index in [1.54, 1.807) is 0 Å². The maximum atomic E-state index is 5.94. The van der Waals surface area contributed by atoms with E-state index in [-0.39, 0.29) is 0 Å². The molecule has 2 nitrogen and oxygen atoms in total. The molecule has 0 radical (unpaired) electrons. The van der Waals surface area contributed by atoms with E-state index in [0.717, 1.165) is 17.0 Å². The van der Waals surface area contributed by atoms with Crippen LogP contribution in [0.4, 0.5) is 5.69 Å². The summed E-state index contributed by atoms with van der Waals surface area (Å²) >= 11 is 1.83. The number of fused-ring (bicyclic) bond motifs is 1. The molecule has 14 heavy (non-hydrogen) atoms. The summed E-state index contributed by atoms with van der Waals surface area (Å²) in [6, 6.07) is 6.10. The van der Waals surface area contributed by atoms with Gasteiger partial charge in [-0.15, -0.1) is 0 Å². The Morgan fingerprint density at radius 1 is 1.43 bits per heavy atom. The predicted octanol–water partition coefficient (Wildman–Crippen LogP) is 2.62. The molecule has 0 bridgehead atoms. The molecule has 0 spiro atoms. The van der Waals surface area contributed by atoms with Crippen LogP contribution in [0.1, 0.15) is 5.56 Å². The first-order chi connectivity index (χ1) is 6.74. The molecule has 0 aliphatic carbocycles. The van der Waals surface area contributed by atoms with Gasteiger partial charge in [-0.2, -0.15) is 11.8 Å². The topological polar surface area (TPSA) is 30.9 Å². The quantitative estimate of drug-likeness (QED) is 0.766. The highest BCUT2D eigenvalue weighted by molar-refractivity contribution is 7.97. The van der Waals surface area contributed by atoms with Crippen LogP contribution >= 0.6 is 11.8 Å². The molecule has 0 aliphatic rings. The highest BCUT2D eigenvalue weighted by Crippen LogP contribution is 2.27. The summed E-state index contributed by atoms with van der Waals surface area (Å²) in [5.41, 5.74) is 9.31. The number of nitrogen functional groups attached to an aromatic ring is 1. The summed E-state index contributed by atoms with van der Waals surface area (Å²) in [7, 11) is 2.04. The van der Waals surface area contributed by atoms with Gasteiger partial charge in [0.05, 0.1) is 11.2 Å². The largest absolute Gasteiger partial charge is 0.397 e. The van der Waals surface area contributed by atoms with Crippen molar-refractivity contribution < 1.29 is 0 Å². The average Bonchev–Trinajstić information content (AvgIpc) is 2.46. The number of aromatic nitrogens is 1. The fourth-order valence-corrected chi connectivity index (χ4v) is 2.39. The number of benzene rings is 1. The summed E-state index contributed by atoms with van der Waals surface area (Å²) in [6.07, 6.45) is 4.28. The molecule has 0 amide bonds. The van der Waals surface area contributed by atoms with Gasteiger partial charge in [0.25, 0.3) is 0 Å². The van der Waals surface area contributed by atoms with Crippen molar-refractivity contribution in [2.75, 3.05) is 12.0 Å². The number of hydrogen-bond donors (Lipinski definition) is 1. The molecule has 1 aromatic carbocycles. The number of rotatable bonds is 2. The fourth-order valence-electron chi connectivity index (χ4n) is 1.85. The third-order valence-corrected chi connectivity index (χ3v) is 3.01. The average molecular weight is 206 g/mol. The van der Waals surface area contributed by atoms with Crippen molar-refractivity contribution in [3.05, 3.63) is 30.0 Å². The molecule has 3 heteroatoms. The van der Waals surface area contributed by atoms with Crippen molar-refractivity contribution in [2.24, 2.45) is 7.05 Å². The Morgan fingerprint density at radius 3 is 2.93 bits per heavy atom. The number of thioether (sulfide) groups is 1. The summed E-state index contributed by atoms with van der Waals surface area (Å²) < 4.78 is 2.11. The lowest BCUT2D eigenvalue weighted by atomic mass is 10.2. The number of para-hydroxylation sites is 1. The molecule has 0 unspecified atom stereocenters. The van der Waals surface area contributed by atoms with Crippen LogP contribution in [0.25, 0.3) is 10.9 Å². The Kier molecular flexibility index (Phi) is 2.42. The minimum Gasteiger partial charge on any atom is -0.397 e. The molecule has 0 saturated carbocycles. The van der Waals surface area contributed by atoms with E-state index in [2.05, 4.69) is 23.1 Å². The van der Waals surface area contributed by atoms with Crippen molar-refractivity contribution in [1.29, 1.82) is 0 Å². The van der Waals surface area contributed by atoms with E-state index in [0.29, 0.717) is 0 Å². The molecule has 2 N–H and O–H groups in total. The molecule has 0 fully saturated rings. The second kappa shape index (κ2) is 3.58. The number of anilines is 1. The fraction of sp³-hybridized carbons (Fsp3) is 0.273.